The molecule has 1 unspecified atom stereocenters. The largest absolute Gasteiger partial charge is 0.490 e. The lowest BCUT2D eigenvalue weighted by atomic mass is 9.69. The molecule has 0 aromatic heterocycles. The van der Waals surface area contributed by atoms with E-state index in [9.17, 15) is 9.59 Å². The van der Waals surface area contributed by atoms with Crippen LogP contribution in [0.5, 0.6) is 5.75 Å². The first-order chi connectivity index (χ1) is 16.5. The van der Waals surface area contributed by atoms with Crippen molar-refractivity contribution in [2.24, 2.45) is 11.8 Å². The average Bonchev–Trinajstić information content (AvgIpc) is 2.98. The lowest BCUT2D eigenvalue weighted by molar-refractivity contribution is -0.104. The summed E-state index contributed by atoms with van der Waals surface area (Å²) in [4.78, 5) is 25.6. The molecule has 1 saturated carbocycles. The second-order valence-electron chi connectivity index (χ2n) is 9.80. The zero-order chi connectivity index (χ0) is 23.7. The van der Waals surface area contributed by atoms with E-state index in [1.165, 1.54) is 18.2 Å². The maximum Gasteiger partial charge on any atom is 0.337 e. The summed E-state index contributed by atoms with van der Waals surface area (Å²) in [5, 5.41) is 0.771. The monoisotopic (exact) mass is 479 g/mol. The number of allylic oxidation sites excluding steroid dienone is 2. The summed E-state index contributed by atoms with van der Waals surface area (Å²) in [6, 6.07) is 11.8. The summed E-state index contributed by atoms with van der Waals surface area (Å²) >= 11 is 6.33. The SMILES string of the molecule is COC(=O)c1ccc2c(c1)N(C[C@@H]1CC[C@H]1/C=C\C=O)CC1(CCCc3cc(Cl)ccc31)CO2. The molecule has 34 heavy (non-hydrogen) atoms. The molecule has 178 valence electrons. The summed E-state index contributed by atoms with van der Waals surface area (Å²) in [5.41, 5.74) is 3.93. The number of hydrogen-bond acceptors (Lipinski definition) is 5. The number of rotatable bonds is 5. The van der Waals surface area contributed by atoms with E-state index in [0.717, 1.165) is 67.9 Å². The zero-order valence-corrected chi connectivity index (χ0v) is 20.2. The van der Waals surface area contributed by atoms with Crippen molar-refractivity contribution >= 4 is 29.5 Å². The number of hydrogen-bond donors (Lipinski definition) is 0. The molecule has 1 spiro atoms. The molecular formula is C28H30ClNO4. The first kappa shape index (κ1) is 23.0. The van der Waals surface area contributed by atoms with E-state index < -0.39 is 0 Å². The van der Waals surface area contributed by atoms with Gasteiger partial charge >= 0.3 is 5.97 Å². The number of aldehydes is 1. The van der Waals surface area contributed by atoms with E-state index in [0.29, 0.717) is 24.0 Å². The molecule has 1 aliphatic heterocycles. The average molecular weight is 480 g/mol. The third-order valence-electron chi connectivity index (χ3n) is 7.83. The van der Waals surface area contributed by atoms with Crippen molar-refractivity contribution in [1.82, 2.24) is 0 Å². The van der Waals surface area contributed by atoms with Crippen LogP contribution in [0.25, 0.3) is 0 Å². The Labute approximate surface area is 205 Å². The Morgan fingerprint density at radius 3 is 2.91 bits per heavy atom. The number of methoxy groups -OCH3 is 1. The van der Waals surface area contributed by atoms with E-state index in [1.54, 1.807) is 12.1 Å². The number of esters is 1. The molecule has 0 bridgehead atoms. The number of fused-ring (bicyclic) bond motifs is 3. The molecule has 0 N–H and O–H groups in total. The number of ether oxygens (including phenoxy) is 2. The molecule has 2 aromatic rings. The predicted molar refractivity (Wildman–Crippen MR) is 133 cm³/mol. The lowest BCUT2D eigenvalue weighted by Gasteiger charge is -2.44. The van der Waals surface area contributed by atoms with Crippen molar-refractivity contribution in [3.63, 3.8) is 0 Å². The van der Waals surface area contributed by atoms with Crippen molar-refractivity contribution in [2.45, 2.75) is 37.5 Å². The Morgan fingerprint density at radius 2 is 2.15 bits per heavy atom. The molecule has 2 aromatic carbocycles. The summed E-state index contributed by atoms with van der Waals surface area (Å²) in [7, 11) is 1.40. The molecule has 1 heterocycles. The van der Waals surface area contributed by atoms with Gasteiger partial charge in [-0.1, -0.05) is 23.7 Å². The molecule has 6 heteroatoms. The maximum absolute atomic E-state index is 12.3. The topological polar surface area (TPSA) is 55.8 Å². The third-order valence-corrected chi connectivity index (χ3v) is 8.06. The van der Waals surface area contributed by atoms with Crippen LogP contribution in [-0.2, 0) is 21.4 Å². The predicted octanol–water partition coefficient (Wildman–Crippen LogP) is 5.38. The molecule has 5 rings (SSSR count). The van der Waals surface area contributed by atoms with Crippen LogP contribution in [0.4, 0.5) is 5.69 Å². The van der Waals surface area contributed by atoms with Gasteiger partial charge in [-0.3, -0.25) is 4.79 Å². The summed E-state index contributed by atoms with van der Waals surface area (Å²) in [6.07, 6.45) is 9.88. The summed E-state index contributed by atoms with van der Waals surface area (Å²) < 4.78 is 11.4. The fraction of sp³-hybridized carbons (Fsp3) is 0.429. The number of benzene rings is 2. The minimum atomic E-state index is -0.352. The van der Waals surface area contributed by atoms with Crippen molar-refractivity contribution in [3.8, 4) is 5.75 Å². The van der Waals surface area contributed by atoms with Gasteiger partial charge in [0.15, 0.2) is 0 Å². The number of carbonyl (C=O) groups is 2. The van der Waals surface area contributed by atoms with Gasteiger partial charge < -0.3 is 14.4 Å². The Bertz CT molecular complexity index is 1130. The van der Waals surface area contributed by atoms with E-state index >= 15 is 0 Å². The van der Waals surface area contributed by atoms with Crippen molar-refractivity contribution in [3.05, 3.63) is 70.3 Å². The van der Waals surface area contributed by atoms with Crippen molar-refractivity contribution in [1.29, 1.82) is 0 Å². The minimum absolute atomic E-state index is 0.152. The van der Waals surface area contributed by atoms with Gasteiger partial charge in [-0.25, -0.2) is 4.79 Å². The molecule has 0 radical (unpaired) electrons. The molecule has 2 aliphatic carbocycles. The highest BCUT2D eigenvalue weighted by Crippen LogP contribution is 2.46. The van der Waals surface area contributed by atoms with Crippen LogP contribution >= 0.6 is 11.6 Å². The van der Waals surface area contributed by atoms with E-state index in [4.69, 9.17) is 21.1 Å². The van der Waals surface area contributed by atoms with Crippen LogP contribution in [0, 0.1) is 11.8 Å². The lowest BCUT2D eigenvalue weighted by Crippen LogP contribution is -2.48. The first-order valence-corrected chi connectivity index (χ1v) is 12.4. The Kier molecular flexibility index (Phi) is 6.39. The van der Waals surface area contributed by atoms with Gasteiger partial charge in [0.2, 0.25) is 0 Å². The second kappa shape index (κ2) is 9.46. The van der Waals surface area contributed by atoms with Crippen molar-refractivity contribution in [2.75, 3.05) is 31.7 Å². The van der Waals surface area contributed by atoms with E-state index in [1.807, 2.05) is 24.3 Å². The Hall–Kier alpha value is -2.79. The first-order valence-electron chi connectivity index (χ1n) is 12.0. The van der Waals surface area contributed by atoms with E-state index in [2.05, 4.69) is 17.0 Å². The smallest absolute Gasteiger partial charge is 0.337 e. The summed E-state index contributed by atoms with van der Waals surface area (Å²) in [5.74, 6) is 1.30. The standard InChI is InChI=1S/C28H30ClNO4/c1-33-27(32)21-8-11-26-25(15-21)30(16-22-7-6-19(22)5-3-13-31)17-28(18-34-26)12-2-4-20-14-23(29)9-10-24(20)28/h3,5,8-11,13-15,19,22H,2,4,6-7,12,16-18H2,1H3/b5-3-/t19-,22+,28?/m1/s1. The molecule has 5 nitrogen and oxygen atoms in total. The Morgan fingerprint density at radius 1 is 1.26 bits per heavy atom. The van der Waals surface area contributed by atoms with Gasteiger partial charge in [0, 0.05) is 23.5 Å². The molecule has 0 amide bonds. The Balaban J connectivity index is 1.54. The fourth-order valence-electron chi connectivity index (χ4n) is 5.90. The minimum Gasteiger partial charge on any atom is -0.490 e. The zero-order valence-electron chi connectivity index (χ0n) is 19.5. The number of carbonyl (C=O) groups excluding carboxylic acids is 2. The quantitative estimate of drug-likeness (QED) is 0.327. The highest BCUT2D eigenvalue weighted by Gasteiger charge is 2.43. The second-order valence-corrected chi connectivity index (χ2v) is 10.2. The van der Waals surface area contributed by atoms with Crippen LogP contribution in [0.1, 0.15) is 47.2 Å². The van der Waals surface area contributed by atoms with E-state index in [-0.39, 0.29) is 11.4 Å². The number of halogens is 1. The van der Waals surface area contributed by atoms with Crippen LogP contribution in [0.3, 0.4) is 0 Å². The molecule has 0 saturated heterocycles. The summed E-state index contributed by atoms with van der Waals surface area (Å²) in [6.45, 7) is 2.24. The van der Waals surface area contributed by atoms with Gasteiger partial charge in [-0.05, 0) is 91.5 Å². The van der Waals surface area contributed by atoms with Crippen LogP contribution in [-0.4, -0.2) is 39.1 Å². The van der Waals surface area contributed by atoms with Gasteiger partial charge in [-0.2, -0.15) is 0 Å². The number of anilines is 1. The van der Waals surface area contributed by atoms with Crippen LogP contribution in [0.15, 0.2) is 48.6 Å². The molecule has 3 atom stereocenters. The third kappa shape index (κ3) is 4.22. The van der Waals surface area contributed by atoms with Gasteiger partial charge in [0.05, 0.1) is 25.0 Å². The number of aryl methyl sites for hydroxylation is 1. The highest BCUT2D eigenvalue weighted by atomic mass is 35.5. The van der Waals surface area contributed by atoms with Gasteiger partial charge in [-0.15, -0.1) is 0 Å². The highest BCUT2D eigenvalue weighted by molar-refractivity contribution is 6.30. The van der Waals surface area contributed by atoms with Crippen LogP contribution in [0.2, 0.25) is 5.02 Å². The molecular weight excluding hydrogens is 450 g/mol. The molecule has 3 aliphatic rings. The van der Waals surface area contributed by atoms with Gasteiger partial charge in [0.25, 0.3) is 0 Å². The normalized spacial score (nSPS) is 25.6. The fourth-order valence-corrected chi connectivity index (χ4v) is 6.10. The van der Waals surface area contributed by atoms with Crippen LogP contribution < -0.4 is 9.64 Å². The molecule has 1 fully saturated rings. The maximum atomic E-state index is 12.3. The van der Waals surface area contributed by atoms with Crippen molar-refractivity contribution < 1.29 is 19.1 Å². The van der Waals surface area contributed by atoms with Gasteiger partial charge in [0.1, 0.15) is 12.0 Å². The number of nitrogens with zero attached hydrogens (tertiary/aromatic N) is 1.